The van der Waals surface area contributed by atoms with Gasteiger partial charge in [-0.25, -0.2) is 4.98 Å². The zero-order valence-corrected chi connectivity index (χ0v) is 14.9. The van der Waals surface area contributed by atoms with E-state index in [2.05, 4.69) is 39.2 Å². The van der Waals surface area contributed by atoms with Gasteiger partial charge in [0.05, 0.1) is 20.3 Å². The van der Waals surface area contributed by atoms with Gasteiger partial charge < -0.3 is 19.8 Å². The van der Waals surface area contributed by atoms with Gasteiger partial charge in [0.15, 0.2) is 17.0 Å². The number of methoxy groups -OCH3 is 1. The molecule has 0 radical (unpaired) electrons. The zero-order chi connectivity index (χ0) is 18.1. The molecule has 0 spiro atoms. The summed E-state index contributed by atoms with van der Waals surface area (Å²) >= 11 is 0. The third-order valence-electron chi connectivity index (χ3n) is 4.50. The molecular weight excluding hydrogens is 330 g/mol. The van der Waals surface area contributed by atoms with Crippen LogP contribution in [0.2, 0.25) is 0 Å². The second-order valence-electron chi connectivity index (χ2n) is 6.27. The van der Waals surface area contributed by atoms with Crippen molar-refractivity contribution in [2.75, 3.05) is 19.5 Å². The molecule has 1 aromatic carbocycles. The van der Waals surface area contributed by atoms with Gasteiger partial charge in [-0.15, -0.1) is 0 Å². The molecule has 1 aliphatic rings. The predicted octanol–water partition coefficient (Wildman–Crippen LogP) is 2.66. The van der Waals surface area contributed by atoms with Crippen molar-refractivity contribution in [1.29, 1.82) is 0 Å². The Labute approximate surface area is 151 Å². The van der Waals surface area contributed by atoms with Crippen molar-refractivity contribution in [2.24, 2.45) is 0 Å². The molecule has 3 aromatic rings. The third-order valence-corrected chi connectivity index (χ3v) is 4.50. The first-order chi connectivity index (χ1) is 12.7. The fourth-order valence-electron chi connectivity index (χ4n) is 3.17. The lowest BCUT2D eigenvalue weighted by Gasteiger charge is -2.13. The molecule has 2 N–H and O–H groups in total. The number of hydrogen-bond donors (Lipinski definition) is 1. The van der Waals surface area contributed by atoms with E-state index in [9.17, 15) is 0 Å². The number of hydrogen-bond acceptors (Lipinski definition) is 6. The maximum Gasteiger partial charge on any atom is 0.320 e. The second-order valence-corrected chi connectivity index (χ2v) is 6.27. The van der Waals surface area contributed by atoms with E-state index in [-0.39, 0.29) is 6.01 Å². The van der Waals surface area contributed by atoms with E-state index in [4.69, 9.17) is 15.2 Å². The van der Waals surface area contributed by atoms with Crippen LogP contribution in [0, 0.1) is 6.92 Å². The summed E-state index contributed by atoms with van der Waals surface area (Å²) in [5, 5.41) is 0. The first-order valence-electron chi connectivity index (χ1n) is 8.59. The number of imidazole rings is 1. The molecule has 4 bridgehead atoms. The molecule has 0 aliphatic carbocycles. The van der Waals surface area contributed by atoms with E-state index in [1.807, 2.05) is 17.6 Å². The molecule has 0 amide bonds. The van der Waals surface area contributed by atoms with Crippen LogP contribution >= 0.6 is 0 Å². The number of nitrogens with zero attached hydrogens (tertiary/aromatic N) is 4. The molecule has 26 heavy (non-hydrogen) atoms. The lowest BCUT2D eigenvalue weighted by molar-refractivity contribution is 0.300. The van der Waals surface area contributed by atoms with Crippen molar-refractivity contribution in [2.45, 2.75) is 26.3 Å². The smallest absolute Gasteiger partial charge is 0.320 e. The number of aryl methyl sites for hydroxylation is 1. The fourth-order valence-corrected chi connectivity index (χ4v) is 3.17. The topological polar surface area (TPSA) is 88.1 Å². The van der Waals surface area contributed by atoms with E-state index >= 15 is 0 Å². The van der Waals surface area contributed by atoms with Crippen molar-refractivity contribution in [1.82, 2.24) is 19.5 Å². The minimum absolute atomic E-state index is 0.280. The summed E-state index contributed by atoms with van der Waals surface area (Å²) in [6.07, 6.45) is 5.89. The Morgan fingerprint density at radius 3 is 2.92 bits per heavy atom. The van der Waals surface area contributed by atoms with Crippen LogP contribution in [0.25, 0.3) is 11.2 Å². The Morgan fingerprint density at radius 1 is 1.19 bits per heavy atom. The van der Waals surface area contributed by atoms with Gasteiger partial charge in [-0.1, -0.05) is 18.2 Å². The van der Waals surface area contributed by atoms with Crippen molar-refractivity contribution >= 4 is 17.0 Å². The summed E-state index contributed by atoms with van der Waals surface area (Å²) in [7, 11) is 1.68. The fraction of sp³-hybridized carbons (Fsp3) is 0.316. The maximum atomic E-state index is 6.08. The highest BCUT2D eigenvalue weighted by Gasteiger charge is 2.17. The Balaban J connectivity index is 1.90. The number of ether oxygens (including phenoxy) is 2. The highest BCUT2D eigenvalue weighted by Crippen LogP contribution is 2.26. The van der Waals surface area contributed by atoms with Crippen molar-refractivity contribution in [3.8, 4) is 11.8 Å². The Morgan fingerprint density at radius 2 is 2.08 bits per heavy atom. The second kappa shape index (κ2) is 6.67. The number of rotatable bonds is 1. The molecule has 0 saturated carbocycles. The highest BCUT2D eigenvalue weighted by atomic mass is 16.5. The molecule has 0 atom stereocenters. The lowest BCUT2D eigenvalue weighted by Crippen LogP contribution is -2.08. The summed E-state index contributed by atoms with van der Waals surface area (Å²) in [6.45, 7) is 3.02. The quantitative estimate of drug-likeness (QED) is 0.678. The van der Waals surface area contributed by atoms with Gasteiger partial charge in [0, 0.05) is 5.56 Å². The number of allylic oxidation sites excluding steroid dienone is 1. The van der Waals surface area contributed by atoms with Crippen LogP contribution in [0.15, 0.2) is 30.4 Å². The summed E-state index contributed by atoms with van der Waals surface area (Å²) in [5.74, 6) is 1.98. The standard InChI is InChI=1S/C19H21N5O2/c1-12-21-16-17(20)22-19-23-18(16)24(12)11-14-10-13(7-8-15(14)25-2)6-4-3-5-9-26-19/h3-4,7-8,10H,5-6,9,11H2,1-2H3,(H2,20,22,23)/b4-3+. The van der Waals surface area contributed by atoms with Crippen LogP contribution in [0.3, 0.4) is 0 Å². The van der Waals surface area contributed by atoms with E-state index in [1.54, 1.807) is 7.11 Å². The summed E-state index contributed by atoms with van der Waals surface area (Å²) < 4.78 is 13.2. The molecule has 0 saturated heterocycles. The van der Waals surface area contributed by atoms with Gasteiger partial charge in [-0.3, -0.25) is 0 Å². The van der Waals surface area contributed by atoms with Crippen molar-refractivity contribution in [3.05, 3.63) is 47.3 Å². The Hall–Kier alpha value is -3.09. The zero-order valence-electron chi connectivity index (χ0n) is 14.9. The largest absolute Gasteiger partial charge is 0.496 e. The maximum absolute atomic E-state index is 6.08. The highest BCUT2D eigenvalue weighted by molar-refractivity contribution is 5.82. The first-order valence-corrected chi connectivity index (χ1v) is 8.59. The first kappa shape index (κ1) is 16.4. The van der Waals surface area contributed by atoms with E-state index < -0.39 is 0 Å². The molecule has 0 unspecified atom stereocenters. The molecule has 7 nitrogen and oxygen atoms in total. The third kappa shape index (κ3) is 2.96. The minimum Gasteiger partial charge on any atom is -0.496 e. The van der Waals surface area contributed by atoms with Crippen LogP contribution in [0.4, 0.5) is 5.82 Å². The Kier molecular flexibility index (Phi) is 4.20. The van der Waals surface area contributed by atoms with E-state index in [1.165, 1.54) is 5.56 Å². The minimum atomic E-state index is 0.280. The van der Waals surface area contributed by atoms with Gasteiger partial charge in [-0.05, 0) is 37.5 Å². The summed E-state index contributed by atoms with van der Waals surface area (Å²) in [6, 6.07) is 6.55. The number of aromatic nitrogens is 4. The molecule has 7 heteroatoms. The molecule has 1 aliphatic heterocycles. The number of benzene rings is 1. The number of fused-ring (bicyclic) bond motifs is 3. The molecule has 3 heterocycles. The number of nitrogen functional groups attached to an aromatic ring is 1. The predicted molar refractivity (Wildman–Crippen MR) is 99.5 cm³/mol. The average Bonchev–Trinajstić information content (AvgIpc) is 2.94. The molecule has 0 fully saturated rings. The summed E-state index contributed by atoms with van der Waals surface area (Å²) in [5.41, 5.74) is 9.64. The lowest BCUT2D eigenvalue weighted by atomic mass is 10.1. The van der Waals surface area contributed by atoms with Gasteiger partial charge >= 0.3 is 6.01 Å². The van der Waals surface area contributed by atoms with Crippen molar-refractivity contribution < 1.29 is 9.47 Å². The summed E-state index contributed by atoms with van der Waals surface area (Å²) in [4.78, 5) is 13.3. The van der Waals surface area contributed by atoms with Gasteiger partial charge in [-0.2, -0.15) is 9.97 Å². The van der Waals surface area contributed by atoms with Gasteiger partial charge in [0.25, 0.3) is 0 Å². The number of nitrogens with two attached hydrogens (primary N) is 1. The molecular formula is C19H21N5O2. The van der Waals surface area contributed by atoms with Gasteiger partial charge in [0.2, 0.25) is 0 Å². The molecule has 134 valence electrons. The van der Waals surface area contributed by atoms with Gasteiger partial charge in [0.1, 0.15) is 11.6 Å². The Bertz CT molecular complexity index is 993. The monoisotopic (exact) mass is 351 g/mol. The van der Waals surface area contributed by atoms with E-state index in [0.717, 1.165) is 30.0 Å². The SMILES string of the molecule is COc1ccc2cc1Cn1c(C)nc3c(N)nc(nc31)OCC/C=C/C2. The van der Waals surface area contributed by atoms with Crippen LogP contribution in [-0.4, -0.2) is 33.2 Å². The average molecular weight is 351 g/mol. The van der Waals surface area contributed by atoms with Crippen LogP contribution in [0.5, 0.6) is 11.8 Å². The van der Waals surface area contributed by atoms with Crippen LogP contribution in [0.1, 0.15) is 23.4 Å². The van der Waals surface area contributed by atoms with Crippen molar-refractivity contribution in [3.63, 3.8) is 0 Å². The van der Waals surface area contributed by atoms with E-state index in [0.29, 0.717) is 30.1 Å². The normalized spacial score (nSPS) is 15.5. The molecule has 4 rings (SSSR count). The van der Waals surface area contributed by atoms with Crippen LogP contribution in [-0.2, 0) is 13.0 Å². The molecule has 2 aromatic heterocycles. The van der Waals surface area contributed by atoms with Crippen LogP contribution < -0.4 is 15.2 Å². The number of anilines is 1.